The molecule has 7 nitrogen and oxygen atoms in total. The summed E-state index contributed by atoms with van der Waals surface area (Å²) in [4.78, 5) is 14.9. The molecule has 2 fully saturated rings. The van der Waals surface area contributed by atoms with Gasteiger partial charge in [0.2, 0.25) is 15.9 Å². The first kappa shape index (κ1) is 17.8. The van der Waals surface area contributed by atoms with Crippen LogP contribution in [0.2, 0.25) is 0 Å². The molecule has 0 aliphatic carbocycles. The van der Waals surface area contributed by atoms with Gasteiger partial charge in [-0.15, -0.1) is 0 Å². The number of carbonyl (C=O) groups excluding carboxylic acids is 1. The van der Waals surface area contributed by atoms with Crippen molar-refractivity contribution in [2.45, 2.75) is 37.0 Å². The predicted molar refractivity (Wildman–Crippen MR) is 99.3 cm³/mol. The number of rotatable bonds is 3. The fourth-order valence-corrected chi connectivity index (χ4v) is 6.14. The number of aromatic nitrogens is 2. The van der Waals surface area contributed by atoms with Crippen LogP contribution < -0.4 is 0 Å². The quantitative estimate of drug-likeness (QED) is 0.796. The first-order valence-corrected chi connectivity index (χ1v) is 11.2. The first-order valence-electron chi connectivity index (χ1n) is 9.07. The Kier molecular flexibility index (Phi) is 4.94. The van der Waals surface area contributed by atoms with Crippen molar-refractivity contribution in [2.24, 2.45) is 5.92 Å². The van der Waals surface area contributed by atoms with Crippen LogP contribution in [0.1, 0.15) is 32.1 Å². The predicted octanol–water partition coefficient (Wildman–Crippen LogP) is 2.10. The molecule has 1 aromatic carbocycles. The maximum atomic E-state index is 13.2. The highest BCUT2D eigenvalue weighted by molar-refractivity contribution is 7.89. The summed E-state index contributed by atoms with van der Waals surface area (Å²) in [5, 5.41) is 0. The summed E-state index contributed by atoms with van der Waals surface area (Å²) in [6.07, 6.45) is 4.71. The van der Waals surface area contributed by atoms with Crippen molar-refractivity contribution in [1.82, 2.24) is 18.0 Å². The number of amides is 1. The number of hydrogen-bond acceptors (Lipinski definition) is 6. The molecule has 1 aromatic heterocycles. The summed E-state index contributed by atoms with van der Waals surface area (Å²) in [5.41, 5.74) is 1.01. The molecular weight excluding hydrogens is 372 g/mol. The molecule has 2 aliphatic heterocycles. The van der Waals surface area contributed by atoms with Gasteiger partial charge in [0.05, 0.1) is 17.6 Å². The van der Waals surface area contributed by atoms with E-state index in [1.807, 2.05) is 4.90 Å². The molecule has 0 saturated carbocycles. The zero-order valence-electron chi connectivity index (χ0n) is 14.5. The fourth-order valence-electron chi connectivity index (χ4n) is 3.86. The molecule has 0 bridgehead atoms. The van der Waals surface area contributed by atoms with Gasteiger partial charge in [0.25, 0.3) is 0 Å². The summed E-state index contributed by atoms with van der Waals surface area (Å²) in [6, 6.07) is 5.03. The molecule has 1 amide bonds. The second-order valence-corrected chi connectivity index (χ2v) is 9.41. The lowest BCUT2D eigenvalue weighted by Crippen LogP contribution is -2.47. The monoisotopic (exact) mass is 394 g/mol. The minimum Gasteiger partial charge on any atom is -0.342 e. The Bertz CT molecular complexity index is 906. The van der Waals surface area contributed by atoms with Gasteiger partial charge in [-0.2, -0.15) is 13.1 Å². The summed E-state index contributed by atoms with van der Waals surface area (Å²) in [7, 11) is -3.69. The molecule has 0 N–H and O–H groups in total. The number of nitrogens with zero attached hydrogens (tertiary/aromatic N) is 4. The Morgan fingerprint density at radius 3 is 2.69 bits per heavy atom. The van der Waals surface area contributed by atoms with E-state index in [-0.39, 0.29) is 23.3 Å². The van der Waals surface area contributed by atoms with E-state index < -0.39 is 10.0 Å². The Morgan fingerprint density at radius 1 is 1.08 bits per heavy atom. The number of likely N-dealkylation sites (tertiary alicyclic amines) is 1. The number of hydrogen-bond donors (Lipinski definition) is 0. The maximum Gasteiger partial charge on any atom is 0.245 e. The molecule has 9 heteroatoms. The lowest BCUT2D eigenvalue weighted by atomic mass is 9.97. The minimum absolute atomic E-state index is 0.109. The lowest BCUT2D eigenvalue weighted by Gasteiger charge is -2.35. The van der Waals surface area contributed by atoms with Gasteiger partial charge in [-0.25, -0.2) is 8.42 Å². The molecule has 0 radical (unpaired) electrons. The van der Waals surface area contributed by atoms with E-state index in [1.54, 1.807) is 18.2 Å². The van der Waals surface area contributed by atoms with Crippen molar-refractivity contribution in [2.75, 3.05) is 26.2 Å². The number of carbonyl (C=O) groups is 1. The third kappa shape index (κ3) is 3.23. The van der Waals surface area contributed by atoms with Crippen LogP contribution in [0.15, 0.2) is 23.1 Å². The number of sulfonamides is 1. The van der Waals surface area contributed by atoms with E-state index in [0.29, 0.717) is 24.0 Å². The number of benzene rings is 1. The van der Waals surface area contributed by atoms with Crippen molar-refractivity contribution in [3.63, 3.8) is 0 Å². The highest BCUT2D eigenvalue weighted by Crippen LogP contribution is 2.29. The van der Waals surface area contributed by atoms with Crippen LogP contribution in [-0.4, -0.2) is 58.5 Å². The third-order valence-corrected chi connectivity index (χ3v) is 7.71. The van der Waals surface area contributed by atoms with Gasteiger partial charge in [0.1, 0.15) is 15.9 Å². The van der Waals surface area contributed by atoms with E-state index in [0.717, 1.165) is 44.1 Å². The first-order chi connectivity index (χ1) is 12.6. The molecule has 0 spiro atoms. The van der Waals surface area contributed by atoms with Gasteiger partial charge in [-0.05, 0) is 44.2 Å². The molecule has 26 heavy (non-hydrogen) atoms. The third-order valence-electron chi connectivity index (χ3n) is 5.27. The summed E-state index contributed by atoms with van der Waals surface area (Å²) < 4.78 is 36.1. The normalized spacial score (nSPS) is 22.6. The van der Waals surface area contributed by atoms with E-state index in [4.69, 9.17) is 0 Å². The lowest BCUT2D eigenvalue weighted by molar-refractivity contribution is -0.137. The second-order valence-electron chi connectivity index (χ2n) is 6.98. The topological polar surface area (TPSA) is 83.5 Å². The van der Waals surface area contributed by atoms with Crippen LogP contribution in [0.25, 0.3) is 11.0 Å². The van der Waals surface area contributed by atoms with Gasteiger partial charge in [0, 0.05) is 26.2 Å². The second kappa shape index (κ2) is 7.21. The van der Waals surface area contributed by atoms with Crippen molar-refractivity contribution in [1.29, 1.82) is 0 Å². The van der Waals surface area contributed by atoms with Crippen molar-refractivity contribution < 1.29 is 13.2 Å². The van der Waals surface area contributed by atoms with Crippen LogP contribution in [-0.2, 0) is 14.8 Å². The molecule has 4 rings (SSSR count). The minimum atomic E-state index is -3.69. The zero-order valence-corrected chi connectivity index (χ0v) is 16.1. The Labute approximate surface area is 157 Å². The highest BCUT2D eigenvalue weighted by atomic mass is 32.2. The van der Waals surface area contributed by atoms with Crippen LogP contribution in [0.5, 0.6) is 0 Å². The van der Waals surface area contributed by atoms with Crippen LogP contribution in [0.3, 0.4) is 0 Å². The smallest absolute Gasteiger partial charge is 0.245 e. The van der Waals surface area contributed by atoms with Gasteiger partial charge in [-0.3, -0.25) is 4.79 Å². The van der Waals surface area contributed by atoms with E-state index in [1.165, 1.54) is 10.7 Å². The molecule has 2 saturated heterocycles. The molecule has 0 unspecified atom stereocenters. The molecule has 2 aliphatic rings. The van der Waals surface area contributed by atoms with Crippen molar-refractivity contribution in [3.05, 3.63) is 18.2 Å². The highest BCUT2D eigenvalue weighted by Gasteiger charge is 2.36. The Hall–Kier alpha value is -1.58. The van der Waals surface area contributed by atoms with Crippen LogP contribution in [0, 0.1) is 5.92 Å². The maximum absolute atomic E-state index is 13.2. The van der Waals surface area contributed by atoms with Crippen LogP contribution in [0.4, 0.5) is 0 Å². The van der Waals surface area contributed by atoms with Gasteiger partial charge >= 0.3 is 0 Å². The Morgan fingerprint density at radius 2 is 1.88 bits per heavy atom. The van der Waals surface area contributed by atoms with Gasteiger partial charge in [-0.1, -0.05) is 6.07 Å². The van der Waals surface area contributed by atoms with Crippen molar-refractivity contribution >= 4 is 38.7 Å². The largest absolute Gasteiger partial charge is 0.342 e. The number of fused-ring (bicyclic) bond motifs is 1. The molecule has 1 atom stereocenters. The van der Waals surface area contributed by atoms with E-state index >= 15 is 0 Å². The summed E-state index contributed by atoms with van der Waals surface area (Å²) >= 11 is 1.01. The number of piperidine rings is 2. The van der Waals surface area contributed by atoms with Crippen LogP contribution >= 0.6 is 11.7 Å². The Balaban J connectivity index is 1.57. The average molecular weight is 395 g/mol. The fraction of sp³-hybridized carbons (Fsp3) is 0.588. The summed E-state index contributed by atoms with van der Waals surface area (Å²) in [5.74, 6) is -0.137. The molecule has 3 heterocycles. The zero-order chi connectivity index (χ0) is 18.1. The van der Waals surface area contributed by atoms with E-state index in [2.05, 4.69) is 8.75 Å². The molecule has 2 aromatic rings. The SMILES string of the molecule is O=C([C@H]1CCCN(S(=O)(=O)c2cccc3nsnc23)C1)N1CCCCC1. The summed E-state index contributed by atoms with van der Waals surface area (Å²) in [6.45, 7) is 2.30. The molecular formula is C17H22N4O3S2. The average Bonchev–Trinajstić information content (AvgIpc) is 3.17. The molecule has 140 valence electrons. The van der Waals surface area contributed by atoms with Gasteiger partial charge in [0.15, 0.2) is 0 Å². The van der Waals surface area contributed by atoms with Crippen molar-refractivity contribution in [3.8, 4) is 0 Å². The standard InChI is InChI=1S/C17H22N4O3S2/c22-17(20-9-2-1-3-10-20)13-6-5-11-21(12-13)26(23,24)15-8-4-7-14-16(15)19-25-18-14/h4,7-8,13H,1-3,5-6,9-12H2/t13-/m0/s1. The van der Waals surface area contributed by atoms with Gasteiger partial charge < -0.3 is 4.90 Å². The van der Waals surface area contributed by atoms with E-state index in [9.17, 15) is 13.2 Å².